The summed E-state index contributed by atoms with van der Waals surface area (Å²) in [4.78, 5) is 0. The fraction of sp³-hybridized carbons (Fsp3) is 0.833. The number of hydrogen-bond donors (Lipinski definition) is 0. The number of benzene rings is 1. The lowest BCUT2D eigenvalue weighted by molar-refractivity contribution is -0.907. The quantitative estimate of drug-likeness (QED) is 0.0825. The Morgan fingerprint density at radius 3 is 0.947 bits per heavy atom. The molecule has 0 bridgehead atoms. The van der Waals surface area contributed by atoms with Crippen molar-refractivity contribution in [3.8, 4) is 0 Å². The van der Waals surface area contributed by atoms with E-state index < -0.39 is 0 Å². The minimum Gasteiger partial charge on any atom is -0.325 e. The molecule has 0 aliphatic rings. The van der Waals surface area contributed by atoms with Crippen LogP contribution in [0.2, 0.25) is 0 Å². The monoisotopic (exact) mass is 531 g/mol. The number of unbranched alkanes of at least 4 members (excludes halogenated alkanes) is 18. The van der Waals surface area contributed by atoms with Gasteiger partial charge in [-0.2, -0.15) is 0 Å². The Labute approximate surface area is 240 Å². The highest BCUT2D eigenvalue weighted by Crippen LogP contribution is 2.21. The van der Waals surface area contributed by atoms with Gasteiger partial charge in [-0.1, -0.05) is 141 Å². The van der Waals surface area contributed by atoms with Crippen molar-refractivity contribution in [2.45, 2.75) is 155 Å². The van der Waals surface area contributed by atoms with Crippen LogP contribution in [0.1, 0.15) is 153 Å². The molecule has 0 atom stereocenters. The molecule has 0 amide bonds. The summed E-state index contributed by atoms with van der Waals surface area (Å²) in [5, 5.41) is 0. The van der Waals surface area contributed by atoms with Crippen LogP contribution in [0.4, 0.5) is 0 Å². The van der Waals surface area contributed by atoms with Gasteiger partial charge in [0.05, 0.1) is 41.3 Å². The summed E-state index contributed by atoms with van der Waals surface area (Å²) in [6, 6.07) is 9.30. The first-order valence-electron chi connectivity index (χ1n) is 17.0. The zero-order valence-electron chi connectivity index (χ0n) is 27.2. The number of nitrogens with zero attached hydrogens (tertiary/aromatic N) is 2. The standard InChI is InChI=1S/C36H70N2/c1-7-9-11-13-15-17-19-21-23-27-31-37(3,4)33-35-29-25-26-30-36(35)34-38(5,6)32-28-24-22-20-18-16-14-12-10-8-2/h25-26,29-30H,7-24,27-28,31-34H2,1-6H3/q+2. The Morgan fingerprint density at radius 2 is 0.658 bits per heavy atom. The minimum atomic E-state index is 1.11. The molecule has 0 aliphatic heterocycles. The second-order valence-electron chi connectivity index (χ2n) is 13.8. The maximum atomic E-state index is 2.44. The van der Waals surface area contributed by atoms with E-state index in [0.717, 1.165) is 22.1 Å². The van der Waals surface area contributed by atoms with Gasteiger partial charge in [0.25, 0.3) is 0 Å². The van der Waals surface area contributed by atoms with Crippen molar-refractivity contribution in [2.24, 2.45) is 0 Å². The van der Waals surface area contributed by atoms with E-state index in [4.69, 9.17) is 0 Å². The summed E-state index contributed by atoms with van der Waals surface area (Å²) in [5.41, 5.74) is 3.14. The van der Waals surface area contributed by atoms with Crippen molar-refractivity contribution in [3.05, 3.63) is 35.4 Å². The van der Waals surface area contributed by atoms with Crippen LogP contribution < -0.4 is 0 Å². The van der Waals surface area contributed by atoms with Crippen molar-refractivity contribution < 1.29 is 8.97 Å². The van der Waals surface area contributed by atoms with Crippen LogP contribution in [-0.2, 0) is 13.1 Å². The summed E-state index contributed by atoms with van der Waals surface area (Å²) in [6.45, 7) is 9.51. The van der Waals surface area contributed by atoms with E-state index in [1.165, 1.54) is 142 Å². The first-order valence-corrected chi connectivity index (χ1v) is 17.0. The van der Waals surface area contributed by atoms with E-state index in [0.29, 0.717) is 0 Å². The predicted molar refractivity (Wildman–Crippen MR) is 171 cm³/mol. The third-order valence-electron chi connectivity index (χ3n) is 8.55. The minimum absolute atomic E-state index is 1.11. The summed E-state index contributed by atoms with van der Waals surface area (Å²) in [6.07, 6.45) is 28.4. The lowest BCUT2D eigenvalue weighted by Gasteiger charge is -2.33. The molecule has 1 aromatic carbocycles. The first kappa shape index (κ1) is 35.2. The van der Waals surface area contributed by atoms with Gasteiger partial charge in [0, 0.05) is 11.1 Å². The molecule has 0 spiro atoms. The fourth-order valence-corrected chi connectivity index (χ4v) is 6.00. The highest BCUT2D eigenvalue weighted by molar-refractivity contribution is 5.25. The molecule has 38 heavy (non-hydrogen) atoms. The molecule has 0 N–H and O–H groups in total. The largest absolute Gasteiger partial charge is 0.325 e. The second-order valence-corrected chi connectivity index (χ2v) is 13.8. The molecule has 0 unspecified atom stereocenters. The Morgan fingerprint density at radius 1 is 0.395 bits per heavy atom. The van der Waals surface area contributed by atoms with Crippen molar-refractivity contribution in [1.82, 2.24) is 0 Å². The normalized spacial score (nSPS) is 12.4. The van der Waals surface area contributed by atoms with E-state index in [2.05, 4.69) is 66.3 Å². The molecule has 0 saturated carbocycles. The summed E-state index contributed by atoms with van der Waals surface area (Å²) in [7, 11) is 9.76. The van der Waals surface area contributed by atoms with Crippen LogP contribution in [0, 0.1) is 0 Å². The zero-order valence-corrected chi connectivity index (χ0v) is 27.2. The van der Waals surface area contributed by atoms with E-state index in [-0.39, 0.29) is 0 Å². The van der Waals surface area contributed by atoms with Gasteiger partial charge < -0.3 is 8.97 Å². The number of hydrogen-bond acceptors (Lipinski definition) is 0. The zero-order chi connectivity index (χ0) is 28.0. The molecular weight excluding hydrogens is 460 g/mol. The molecule has 222 valence electrons. The molecule has 0 fully saturated rings. The van der Waals surface area contributed by atoms with Crippen LogP contribution in [-0.4, -0.2) is 50.2 Å². The SMILES string of the molecule is CCCCCCCCCCCC[N+](C)(C)Cc1ccccc1C[N+](C)(C)CCCCCCCCCCCC. The van der Waals surface area contributed by atoms with Gasteiger partial charge in [0.1, 0.15) is 13.1 Å². The molecule has 2 heteroatoms. The molecule has 0 saturated heterocycles. The van der Waals surface area contributed by atoms with Gasteiger partial charge in [0.2, 0.25) is 0 Å². The Hall–Kier alpha value is -0.860. The van der Waals surface area contributed by atoms with Crippen molar-refractivity contribution in [3.63, 3.8) is 0 Å². The van der Waals surface area contributed by atoms with Crippen molar-refractivity contribution >= 4 is 0 Å². The van der Waals surface area contributed by atoms with Crippen LogP contribution >= 0.6 is 0 Å². The molecule has 0 radical (unpaired) electrons. The Kier molecular flexibility index (Phi) is 20.3. The van der Waals surface area contributed by atoms with Crippen LogP contribution in [0.3, 0.4) is 0 Å². The van der Waals surface area contributed by atoms with E-state index >= 15 is 0 Å². The average molecular weight is 531 g/mol. The molecule has 1 aromatic rings. The van der Waals surface area contributed by atoms with Gasteiger partial charge in [-0.05, 0) is 25.7 Å². The van der Waals surface area contributed by atoms with E-state index in [1.807, 2.05) is 0 Å². The smallest absolute Gasteiger partial charge is 0.104 e. The van der Waals surface area contributed by atoms with Gasteiger partial charge in [-0.3, -0.25) is 0 Å². The Bertz CT molecular complexity index is 606. The van der Waals surface area contributed by atoms with Crippen molar-refractivity contribution in [1.29, 1.82) is 0 Å². The maximum absolute atomic E-state index is 2.44. The number of quaternary nitrogens is 2. The molecule has 2 nitrogen and oxygen atoms in total. The van der Waals surface area contributed by atoms with Gasteiger partial charge in [-0.25, -0.2) is 0 Å². The molecule has 0 heterocycles. The van der Waals surface area contributed by atoms with Gasteiger partial charge in [0.15, 0.2) is 0 Å². The topological polar surface area (TPSA) is 0 Å². The predicted octanol–water partition coefficient (Wildman–Crippen LogP) is 10.7. The lowest BCUT2D eigenvalue weighted by atomic mass is 10.0. The Balaban J connectivity index is 2.30. The highest BCUT2D eigenvalue weighted by atomic mass is 15.3. The molecule has 1 rings (SSSR count). The summed E-state index contributed by atoms with van der Waals surface area (Å²) >= 11 is 0. The molecule has 0 aliphatic carbocycles. The van der Waals surface area contributed by atoms with Crippen LogP contribution in [0.25, 0.3) is 0 Å². The highest BCUT2D eigenvalue weighted by Gasteiger charge is 2.22. The maximum Gasteiger partial charge on any atom is 0.104 e. The molecular formula is C36H70N2+2. The van der Waals surface area contributed by atoms with Crippen LogP contribution in [0.15, 0.2) is 24.3 Å². The third-order valence-corrected chi connectivity index (χ3v) is 8.55. The van der Waals surface area contributed by atoms with Crippen molar-refractivity contribution in [2.75, 3.05) is 41.3 Å². The van der Waals surface area contributed by atoms with Gasteiger partial charge >= 0.3 is 0 Å². The third kappa shape index (κ3) is 19.2. The van der Waals surface area contributed by atoms with E-state index in [1.54, 1.807) is 11.1 Å². The fourth-order valence-electron chi connectivity index (χ4n) is 6.00. The first-order chi connectivity index (χ1) is 18.3. The molecule has 0 aromatic heterocycles. The van der Waals surface area contributed by atoms with E-state index in [9.17, 15) is 0 Å². The number of rotatable bonds is 26. The summed E-state index contributed by atoms with van der Waals surface area (Å²) in [5.74, 6) is 0. The van der Waals surface area contributed by atoms with Gasteiger partial charge in [-0.15, -0.1) is 0 Å². The second kappa shape index (κ2) is 21.9. The average Bonchev–Trinajstić information content (AvgIpc) is 2.87. The summed E-state index contributed by atoms with van der Waals surface area (Å²) < 4.78 is 2.22. The van der Waals surface area contributed by atoms with Crippen LogP contribution in [0.5, 0.6) is 0 Å². The lowest BCUT2D eigenvalue weighted by Crippen LogP contribution is -2.42.